The molecule has 1 aromatic heterocycles. The number of nitrogens with zero attached hydrogens (tertiary/aromatic N) is 1. The first kappa shape index (κ1) is 14.4. The van der Waals surface area contributed by atoms with Crippen LogP contribution in [-0.2, 0) is 4.84 Å². The molecule has 0 atom stereocenters. The Morgan fingerprint density at radius 3 is 2.55 bits per heavy atom. The molecule has 2 rings (SSSR count). The SMILES string of the molecule is Cc1cccc(C)c1OCCO/N=C(/N)c1cccs1. The average molecular weight is 290 g/mol. The summed E-state index contributed by atoms with van der Waals surface area (Å²) in [5.74, 6) is 1.30. The minimum Gasteiger partial charge on any atom is -0.489 e. The minimum absolute atomic E-state index is 0.361. The zero-order valence-electron chi connectivity index (χ0n) is 11.6. The molecule has 5 heteroatoms. The van der Waals surface area contributed by atoms with Crippen molar-refractivity contribution in [2.45, 2.75) is 13.8 Å². The predicted octanol–water partition coefficient (Wildman–Crippen LogP) is 3.08. The maximum atomic E-state index is 5.78. The Hall–Kier alpha value is -2.01. The van der Waals surface area contributed by atoms with Gasteiger partial charge in [-0.15, -0.1) is 11.3 Å². The molecule has 0 aliphatic heterocycles. The maximum absolute atomic E-state index is 5.78. The number of para-hydroxylation sites is 1. The molecule has 106 valence electrons. The van der Waals surface area contributed by atoms with Crippen LogP contribution in [0.4, 0.5) is 0 Å². The van der Waals surface area contributed by atoms with E-state index in [1.54, 1.807) is 0 Å². The van der Waals surface area contributed by atoms with Crippen LogP contribution >= 0.6 is 11.3 Å². The van der Waals surface area contributed by atoms with E-state index < -0.39 is 0 Å². The fourth-order valence-corrected chi connectivity index (χ4v) is 2.41. The molecule has 20 heavy (non-hydrogen) atoms. The molecule has 0 bridgehead atoms. The Bertz CT molecular complexity index is 559. The molecular formula is C15H18N2O2S. The maximum Gasteiger partial charge on any atom is 0.180 e. The van der Waals surface area contributed by atoms with Gasteiger partial charge in [-0.3, -0.25) is 0 Å². The van der Waals surface area contributed by atoms with E-state index in [1.807, 2.05) is 49.6 Å². The van der Waals surface area contributed by atoms with E-state index in [-0.39, 0.29) is 0 Å². The Balaban J connectivity index is 1.78. The summed E-state index contributed by atoms with van der Waals surface area (Å²) >= 11 is 1.53. The van der Waals surface area contributed by atoms with Gasteiger partial charge in [0.15, 0.2) is 12.4 Å². The Morgan fingerprint density at radius 2 is 1.90 bits per heavy atom. The predicted molar refractivity (Wildman–Crippen MR) is 82.4 cm³/mol. The molecule has 0 amide bonds. The lowest BCUT2D eigenvalue weighted by Crippen LogP contribution is -2.13. The van der Waals surface area contributed by atoms with Crippen LogP contribution in [-0.4, -0.2) is 19.0 Å². The summed E-state index contributed by atoms with van der Waals surface area (Å²) in [6.07, 6.45) is 0. The second-order valence-electron chi connectivity index (χ2n) is 4.36. The van der Waals surface area contributed by atoms with Crippen molar-refractivity contribution >= 4 is 17.2 Å². The van der Waals surface area contributed by atoms with E-state index in [4.69, 9.17) is 15.3 Å². The molecule has 1 heterocycles. The number of hydrogen-bond donors (Lipinski definition) is 1. The Kier molecular flexibility index (Phi) is 5.01. The highest BCUT2D eigenvalue weighted by Crippen LogP contribution is 2.21. The standard InChI is InChI=1S/C15H18N2O2S/c1-11-5-3-6-12(2)14(11)18-8-9-19-17-15(16)13-7-4-10-20-13/h3-7,10H,8-9H2,1-2H3,(H2,16,17). The van der Waals surface area contributed by atoms with Crippen LogP contribution in [0.2, 0.25) is 0 Å². The molecule has 0 spiro atoms. The van der Waals surface area contributed by atoms with Crippen LogP contribution in [0.1, 0.15) is 16.0 Å². The van der Waals surface area contributed by atoms with Crippen LogP contribution in [0.5, 0.6) is 5.75 Å². The van der Waals surface area contributed by atoms with Gasteiger partial charge < -0.3 is 15.3 Å². The van der Waals surface area contributed by atoms with Crippen molar-refractivity contribution in [3.8, 4) is 5.75 Å². The zero-order valence-corrected chi connectivity index (χ0v) is 12.4. The summed E-state index contributed by atoms with van der Waals surface area (Å²) in [7, 11) is 0. The smallest absolute Gasteiger partial charge is 0.180 e. The van der Waals surface area contributed by atoms with Crippen molar-refractivity contribution in [3.63, 3.8) is 0 Å². The van der Waals surface area contributed by atoms with Crippen molar-refractivity contribution < 1.29 is 9.57 Å². The number of oxime groups is 1. The second kappa shape index (κ2) is 6.96. The molecule has 0 aliphatic rings. The molecule has 0 aliphatic carbocycles. The number of nitrogens with two attached hydrogens (primary N) is 1. The first-order valence-electron chi connectivity index (χ1n) is 6.37. The van der Waals surface area contributed by atoms with Gasteiger partial charge in [0, 0.05) is 0 Å². The molecule has 4 nitrogen and oxygen atoms in total. The number of ether oxygens (including phenoxy) is 1. The topological polar surface area (TPSA) is 56.8 Å². The lowest BCUT2D eigenvalue weighted by molar-refractivity contribution is 0.106. The van der Waals surface area contributed by atoms with E-state index in [2.05, 4.69) is 5.16 Å². The van der Waals surface area contributed by atoms with Crippen molar-refractivity contribution in [1.82, 2.24) is 0 Å². The fraction of sp³-hybridized carbons (Fsp3) is 0.267. The lowest BCUT2D eigenvalue weighted by Gasteiger charge is -2.11. The number of amidine groups is 1. The molecule has 1 aromatic carbocycles. The summed E-state index contributed by atoms with van der Waals surface area (Å²) in [5, 5.41) is 5.81. The number of benzene rings is 1. The van der Waals surface area contributed by atoms with E-state index in [1.165, 1.54) is 11.3 Å². The highest BCUT2D eigenvalue weighted by Gasteiger charge is 2.03. The van der Waals surface area contributed by atoms with Gasteiger partial charge in [-0.05, 0) is 36.4 Å². The molecule has 0 saturated carbocycles. The normalized spacial score (nSPS) is 11.4. The van der Waals surface area contributed by atoms with Gasteiger partial charge in [0.1, 0.15) is 12.4 Å². The number of rotatable bonds is 6. The van der Waals surface area contributed by atoms with Crippen molar-refractivity contribution in [2.75, 3.05) is 13.2 Å². The number of aryl methyl sites for hydroxylation is 2. The highest BCUT2D eigenvalue weighted by molar-refractivity contribution is 7.12. The summed E-state index contributed by atoms with van der Waals surface area (Å²) in [6, 6.07) is 9.89. The van der Waals surface area contributed by atoms with Crippen molar-refractivity contribution in [1.29, 1.82) is 0 Å². The molecule has 0 saturated heterocycles. The van der Waals surface area contributed by atoms with Gasteiger partial charge >= 0.3 is 0 Å². The summed E-state index contributed by atoms with van der Waals surface area (Å²) < 4.78 is 5.71. The van der Waals surface area contributed by atoms with E-state index >= 15 is 0 Å². The molecule has 0 fully saturated rings. The van der Waals surface area contributed by atoms with Crippen molar-refractivity contribution in [2.24, 2.45) is 10.9 Å². The lowest BCUT2D eigenvalue weighted by atomic mass is 10.1. The van der Waals surface area contributed by atoms with E-state index in [0.29, 0.717) is 19.0 Å². The molecule has 0 radical (unpaired) electrons. The highest BCUT2D eigenvalue weighted by atomic mass is 32.1. The Morgan fingerprint density at radius 1 is 1.15 bits per heavy atom. The zero-order chi connectivity index (χ0) is 14.4. The average Bonchev–Trinajstić information content (AvgIpc) is 2.95. The largest absolute Gasteiger partial charge is 0.489 e. The van der Waals surface area contributed by atoms with Crippen molar-refractivity contribution in [3.05, 3.63) is 51.7 Å². The minimum atomic E-state index is 0.361. The Labute approximate surface area is 122 Å². The van der Waals surface area contributed by atoms with Gasteiger partial charge in [-0.1, -0.05) is 29.4 Å². The van der Waals surface area contributed by atoms with E-state index in [9.17, 15) is 0 Å². The fourth-order valence-electron chi connectivity index (χ4n) is 1.79. The quantitative estimate of drug-likeness (QED) is 0.385. The molecular weight excluding hydrogens is 272 g/mol. The molecule has 2 N–H and O–H groups in total. The van der Waals surface area contributed by atoms with Gasteiger partial charge in [-0.2, -0.15) is 0 Å². The molecule has 2 aromatic rings. The first-order chi connectivity index (χ1) is 9.68. The monoisotopic (exact) mass is 290 g/mol. The number of hydrogen-bond acceptors (Lipinski definition) is 4. The molecule has 0 unspecified atom stereocenters. The summed E-state index contributed by atoms with van der Waals surface area (Å²) in [4.78, 5) is 6.07. The van der Waals surface area contributed by atoms with Crippen LogP contribution in [0, 0.1) is 13.8 Å². The summed E-state index contributed by atoms with van der Waals surface area (Å²) in [6.45, 7) is 4.85. The van der Waals surface area contributed by atoms with Gasteiger partial charge in [0.05, 0.1) is 4.88 Å². The summed E-state index contributed by atoms with van der Waals surface area (Å²) in [5.41, 5.74) is 8.01. The second-order valence-corrected chi connectivity index (χ2v) is 5.30. The van der Waals surface area contributed by atoms with Crippen LogP contribution in [0.3, 0.4) is 0 Å². The van der Waals surface area contributed by atoms with Gasteiger partial charge in [0.2, 0.25) is 0 Å². The van der Waals surface area contributed by atoms with Gasteiger partial charge in [0.25, 0.3) is 0 Å². The van der Waals surface area contributed by atoms with Crippen LogP contribution in [0.25, 0.3) is 0 Å². The first-order valence-corrected chi connectivity index (χ1v) is 7.25. The van der Waals surface area contributed by atoms with Crippen LogP contribution in [0.15, 0.2) is 40.9 Å². The number of thiophene rings is 1. The third-order valence-electron chi connectivity index (χ3n) is 2.77. The van der Waals surface area contributed by atoms with Crippen LogP contribution < -0.4 is 10.5 Å². The van der Waals surface area contributed by atoms with Gasteiger partial charge in [-0.25, -0.2) is 0 Å². The third-order valence-corrected chi connectivity index (χ3v) is 3.66. The van der Waals surface area contributed by atoms with E-state index in [0.717, 1.165) is 21.8 Å². The third kappa shape index (κ3) is 3.74.